The summed E-state index contributed by atoms with van der Waals surface area (Å²) < 4.78 is 24.5. The Labute approximate surface area is 94.8 Å². The largest absolute Gasteiger partial charge is 0.308 e. The Morgan fingerprint density at radius 3 is 2.80 bits per heavy atom. The van der Waals surface area contributed by atoms with Gasteiger partial charge in [-0.2, -0.15) is 0 Å². The molecular formula is C9H16N2O2S2. The second-order valence-electron chi connectivity index (χ2n) is 3.21. The van der Waals surface area contributed by atoms with Gasteiger partial charge < -0.3 is 5.32 Å². The SMILES string of the molecule is CNS(=O)(=O)CCNC(C)c1cccs1. The second kappa shape index (κ2) is 5.60. The van der Waals surface area contributed by atoms with Crippen molar-refractivity contribution in [2.75, 3.05) is 19.3 Å². The van der Waals surface area contributed by atoms with Crippen LogP contribution in [0, 0.1) is 0 Å². The zero-order chi connectivity index (χ0) is 11.3. The monoisotopic (exact) mass is 248 g/mol. The van der Waals surface area contributed by atoms with E-state index in [-0.39, 0.29) is 11.8 Å². The van der Waals surface area contributed by atoms with Gasteiger partial charge in [-0.1, -0.05) is 6.07 Å². The highest BCUT2D eigenvalue weighted by Gasteiger charge is 2.09. The third-order valence-corrected chi connectivity index (χ3v) is 4.52. The molecule has 15 heavy (non-hydrogen) atoms. The number of thiophene rings is 1. The fourth-order valence-corrected chi connectivity index (χ4v) is 2.50. The summed E-state index contributed by atoms with van der Waals surface area (Å²) >= 11 is 1.67. The maximum absolute atomic E-state index is 11.1. The fourth-order valence-electron chi connectivity index (χ4n) is 1.15. The van der Waals surface area contributed by atoms with Crippen LogP contribution in [-0.2, 0) is 10.0 Å². The molecule has 1 aromatic rings. The Morgan fingerprint density at radius 2 is 2.27 bits per heavy atom. The molecule has 1 atom stereocenters. The zero-order valence-electron chi connectivity index (χ0n) is 8.86. The van der Waals surface area contributed by atoms with Crippen molar-refractivity contribution in [3.8, 4) is 0 Å². The van der Waals surface area contributed by atoms with Gasteiger partial charge in [0.15, 0.2) is 0 Å². The number of hydrogen-bond donors (Lipinski definition) is 2. The van der Waals surface area contributed by atoms with Crippen molar-refractivity contribution in [3.05, 3.63) is 22.4 Å². The summed E-state index contributed by atoms with van der Waals surface area (Å²) in [7, 11) is -1.66. The first kappa shape index (κ1) is 12.6. The molecule has 0 radical (unpaired) electrons. The molecule has 0 saturated carbocycles. The fraction of sp³-hybridized carbons (Fsp3) is 0.556. The molecule has 0 aromatic carbocycles. The van der Waals surface area contributed by atoms with Crippen molar-refractivity contribution in [1.29, 1.82) is 0 Å². The van der Waals surface area contributed by atoms with E-state index in [1.54, 1.807) is 11.3 Å². The molecular weight excluding hydrogens is 232 g/mol. The van der Waals surface area contributed by atoms with Crippen molar-refractivity contribution >= 4 is 21.4 Å². The number of nitrogens with one attached hydrogen (secondary N) is 2. The average Bonchev–Trinajstić information content (AvgIpc) is 2.70. The molecule has 1 unspecified atom stereocenters. The molecule has 1 rings (SSSR count). The molecule has 0 fully saturated rings. The van der Waals surface area contributed by atoms with E-state index < -0.39 is 10.0 Å². The zero-order valence-corrected chi connectivity index (χ0v) is 10.5. The van der Waals surface area contributed by atoms with Crippen LogP contribution in [0.3, 0.4) is 0 Å². The highest BCUT2D eigenvalue weighted by molar-refractivity contribution is 7.89. The van der Waals surface area contributed by atoms with Crippen molar-refractivity contribution in [2.45, 2.75) is 13.0 Å². The Balaban J connectivity index is 2.33. The highest BCUT2D eigenvalue weighted by Crippen LogP contribution is 2.17. The van der Waals surface area contributed by atoms with Gasteiger partial charge in [0.05, 0.1) is 5.75 Å². The Morgan fingerprint density at radius 1 is 1.53 bits per heavy atom. The lowest BCUT2D eigenvalue weighted by Crippen LogP contribution is -2.30. The van der Waals surface area contributed by atoms with Crippen LogP contribution in [-0.4, -0.2) is 27.8 Å². The molecule has 0 amide bonds. The van der Waals surface area contributed by atoms with Gasteiger partial charge in [0.25, 0.3) is 0 Å². The van der Waals surface area contributed by atoms with Crippen LogP contribution in [0.2, 0.25) is 0 Å². The van der Waals surface area contributed by atoms with E-state index in [4.69, 9.17) is 0 Å². The number of sulfonamides is 1. The molecule has 1 aromatic heterocycles. The first-order valence-electron chi connectivity index (χ1n) is 4.73. The van der Waals surface area contributed by atoms with Crippen LogP contribution in [0.4, 0.5) is 0 Å². The minimum atomic E-state index is -3.09. The van der Waals surface area contributed by atoms with Crippen molar-refractivity contribution in [1.82, 2.24) is 10.0 Å². The van der Waals surface area contributed by atoms with Crippen LogP contribution in [0.1, 0.15) is 17.8 Å². The Kier molecular flexibility index (Phi) is 4.72. The Bertz CT molecular complexity index is 373. The normalized spacial score (nSPS) is 14.0. The lowest BCUT2D eigenvalue weighted by Gasteiger charge is -2.11. The summed E-state index contributed by atoms with van der Waals surface area (Å²) in [4.78, 5) is 1.22. The van der Waals surface area contributed by atoms with Gasteiger partial charge in [0.1, 0.15) is 0 Å². The molecule has 1 heterocycles. The van der Waals surface area contributed by atoms with E-state index in [0.717, 1.165) is 0 Å². The predicted octanol–water partition coefficient (Wildman–Crippen LogP) is 0.948. The molecule has 0 aliphatic rings. The van der Waals surface area contributed by atoms with Gasteiger partial charge >= 0.3 is 0 Å². The average molecular weight is 248 g/mol. The molecule has 6 heteroatoms. The number of rotatable bonds is 6. The molecule has 0 saturated heterocycles. The third kappa shape index (κ3) is 4.29. The maximum atomic E-state index is 11.1. The summed E-state index contributed by atoms with van der Waals surface area (Å²) in [5, 5.41) is 5.18. The molecule has 0 aliphatic heterocycles. The van der Waals surface area contributed by atoms with Gasteiger partial charge in [0, 0.05) is 17.5 Å². The lowest BCUT2D eigenvalue weighted by molar-refractivity contribution is 0.570. The summed E-state index contributed by atoms with van der Waals surface area (Å²) in [5.41, 5.74) is 0. The summed E-state index contributed by atoms with van der Waals surface area (Å²) in [5.74, 6) is 0.110. The van der Waals surface area contributed by atoms with Crippen LogP contribution in [0.5, 0.6) is 0 Å². The quantitative estimate of drug-likeness (QED) is 0.788. The molecule has 2 N–H and O–H groups in total. The van der Waals surface area contributed by atoms with E-state index in [1.807, 2.05) is 24.4 Å². The summed E-state index contributed by atoms with van der Waals surface area (Å²) in [6.45, 7) is 2.49. The van der Waals surface area contributed by atoms with Crippen molar-refractivity contribution in [3.63, 3.8) is 0 Å². The highest BCUT2D eigenvalue weighted by atomic mass is 32.2. The van der Waals surface area contributed by atoms with E-state index in [9.17, 15) is 8.42 Å². The van der Waals surface area contributed by atoms with Gasteiger partial charge in [-0.25, -0.2) is 13.1 Å². The lowest BCUT2D eigenvalue weighted by atomic mass is 10.3. The van der Waals surface area contributed by atoms with Crippen LogP contribution in [0.15, 0.2) is 17.5 Å². The summed E-state index contributed by atoms with van der Waals surface area (Å²) in [6.07, 6.45) is 0. The first-order chi connectivity index (χ1) is 7.05. The van der Waals surface area contributed by atoms with E-state index >= 15 is 0 Å². The molecule has 0 aliphatic carbocycles. The minimum Gasteiger partial charge on any atom is -0.308 e. The smallest absolute Gasteiger partial charge is 0.212 e. The van der Waals surface area contributed by atoms with Crippen molar-refractivity contribution < 1.29 is 8.42 Å². The third-order valence-electron chi connectivity index (χ3n) is 2.10. The first-order valence-corrected chi connectivity index (χ1v) is 7.26. The molecule has 0 bridgehead atoms. The number of hydrogen-bond acceptors (Lipinski definition) is 4. The van der Waals surface area contributed by atoms with Gasteiger partial charge in [-0.15, -0.1) is 11.3 Å². The second-order valence-corrected chi connectivity index (χ2v) is 6.24. The topological polar surface area (TPSA) is 58.2 Å². The van der Waals surface area contributed by atoms with Crippen LogP contribution < -0.4 is 10.0 Å². The summed E-state index contributed by atoms with van der Waals surface area (Å²) in [6, 6.07) is 4.23. The predicted molar refractivity (Wildman–Crippen MR) is 63.6 cm³/mol. The van der Waals surface area contributed by atoms with E-state index in [1.165, 1.54) is 11.9 Å². The van der Waals surface area contributed by atoms with Crippen LogP contribution >= 0.6 is 11.3 Å². The minimum absolute atomic E-state index is 0.110. The molecule has 0 spiro atoms. The molecule has 4 nitrogen and oxygen atoms in total. The van der Waals surface area contributed by atoms with Gasteiger partial charge in [0.2, 0.25) is 10.0 Å². The van der Waals surface area contributed by atoms with E-state index in [2.05, 4.69) is 10.0 Å². The van der Waals surface area contributed by atoms with Gasteiger partial charge in [-0.3, -0.25) is 0 Å². The van der Waals surface area contributed by atoms with E-state index in [0.29, 0.717) is 6.54 Å². The standard InChI is InChI=1S/C9H16N2O2S2/c1-8(9-4-3-6-14-9)11-5-7-15(12,13)10-2/h3-4,6,8,10-11H,5,7H2,1-2H3. The van der Waals surface area contributed by atoms with Crippen molar-refractivity contribution in [2.24, 2.45) is 0 Å². The van der Waals surface area contributed by atoms with Crippen LogP contribution in [0.25, 0.3) is 0 Å². The Hall–Kier alpha value is -0.430. The maximum Gasteiger partial charge on any atom is 0.212 e. The molecule has 86 valence electrons. The van der Waals surface area contributed by atoms with Gasteiger partial charge in [-0.05, 0) is 25.4 Å².